The van der Waals surface area contributed by atoms with Crippen molar-refractivity contribution in [2.24, 2.45) is 11.8 Å². The van der Waals surface area contributed by atoms with Crippen LogP contribution in [0, 0.1) is 5.92 Å². The molecule has 21 heavy (non-hydrogen) atoms. The summed E-state index contributed by atoms with van der Waals surface area (Å²) in [6, 6.07) is 8.23. The molecule has 116 valence electrons. The number of nitrogens with zero attached hydrogens (tertiary/aromatic N) is 1. The predicted molar refractivity (Wildman–Crippen MR) is 82.5 cm³/mol. The van der Waals surface area contributed by atoms with E-state index in [9.17, 15) is 4.79 Å². The number of ether oxygens (including phenoxy) is 1. The number of nitrogens with two attached hydrogens (primary N) is 1. The lowest BCUT2D eigenvalue weighted by Crippen LogP contribution is -2.42. The van der Waals surface area contributed by atoms with Crippen LogP contribution in [0.15, 0.2) is 24.3 Å². The van der Waals surface area contributed by atoms with Gasteiger partial charge in [-0.2, -0.15) is 0 Å². The minimum Gasteiger partial charge on any atom is -0.491 e. The summed E-state index contributed by atoms with van der Waals surface area (Å²) in [6.45, 7) is 6.80. The van der Waals surface area contributed by atoms with Gasteiger partial charge in [0.05, 0.1) is 6.10 Å². The molecule has 2 rings (SSSR count). The molecule has 0 aromatic heterocycles. The van der Waals surface area contributed by atoms with Crippen molar-refractivity contribution in [3.05, 3.63) is 29.8 Å². The predicted octanol–water partition coefficient (Wildman–Crippen LogP) is 1.68. The minimum atomic E-state index is -0.0398. The summed E-state index contributed by atoms with van der Waals surface area (Å²) in [6.07, 6.45) is 1.92. The molecule has 0 saturated carbocycles. The van der Waals surface area contributed by atoms with Crippen molar-refractivity contribution in [2.45, 2.75) is 39.3 Å². The smallest absolute Gasteiger partial charge is 0.237 e. The maximum atomic E-state index is 11.5. The first-order chi connectivity index (χ1) is 10.1. The van der Waals surface area contributed by atoms with Crippen molar-refractivity contribution in [2.75, 3.05) is 13.1 Å². The highest BCUT2D eigenvalue weighted by Gasteiger charge is 2.24. The summed E-state index contributed by atoms with van der Waals surface area (Å²) in [5.74, 6) is 6.12. The van der Waals surface area contributed by atoms with Crippen LogP contribution in [0.5, 0.6) is 5.75 Å². The van der Waals surface area contributed by atoms with Crippen LogP contribution in [0.1, 0.15) is 32.3 Å². The molecule has 1 saturated heterocycles. The third-order valence-electron chi connectivity index (χ3n) is 3.78. The first-order valence-corrected chi connectivity index (χ1v) is 7.57. The van der Waals surface area contributed by atoms with Crippen LogP contribution in [-0.2, 0) is 11.3 Å². The Morgan fingerprint density at radius 1 is 1.43 bits per heavy atom. The molecule has 0 radical (unpaired) electrons. The van der Waals surface area contributed by atoms with Gasteiger partial charge in [0.15, 0.2) is 0 Å². The topological polar surface area (TPSA) is 67.6 Å². The number of hydrazine groups is 1. The summed E-state index contributed by atoms with van der Waals surface area (Å²) >= 11 is 0. The van der Waals surface area contributed by atoms with Gasteiger partial charge in [-0.1, -0.05) is 12.1 Å². The van der Waals surface area contributed by atoms with Gasteiger partial charge in [0.2, 0.25) is 5.91 Å². The fourth-order valence-electron chi connectivity index (χ4n) is 2.72. The Bertz CT molecular complexity index is 468. The van der Waals surface area contributed by atoms with Crippen LogP contribution in [-0.4, -0.2) is 30.0 Å². The highest BCUT2D eigenvalue weighted by atomic mass is 16.5. The Labute approximate surface area is 126 Å². The molecule has 1 fully saturated rings. The van der Waals surface area contributed by atoms with Gasteiger partial charge in [-0.15, -0.1) is 0 Å². The van der Waals surface area contributed by atoms with Gasteiger partial charge < -0.3 is 4.74 Å². The summed E-state index contributed by atoms with van der Waals surface area (Å²) in [4.78, 5) is 13.9. The van der Waals surface area contributed by atoms with Gasteiger partial charge in [0.25, 0.3) is 0 Å². The Hall–Kier alpha value is -1.59. The number of amides is 1. The zero-order valence-electron chi connectivity index (χ0n) is 12.8. The zero-order chi connectivity index (χ0) is 15.2. The summed E-state index contributed by atoms with van der Waals surface area (Å²) in [5.41, 5.74) is 3.50. The van der Waals surface area contributed by atoms with Crippen LogP contribution in [0.2, 0.25) is 0 Å². The van der Waals surface area contributed by atoms with Crippen molar-refractivity contribution in [1.82, 2.24) is 10.3 Å². The monoisotopic (exact) mass is 291 g/mol. The van der Waals surface area contributed by atoms with Crippen molar-refractivity contribution in [3.63, 3.8) is 0 Å². The fraction of sp³-hybridized carbons (Fsp3) is 0.562. The summed E-state index contributed by atoms with van der Waals surface area (Å²) < 4.78 is 5.72. The molecule has 0 unspecified atom stereocenters. The lowest BCUT2D eigenvalue weighted by Gasteiger charge is -2.31. The molecule has 5 heteroatoms. The summed E-state index contributed by atoms with van der Waals surface area (Å²) in [7, 11) is 0. The van der Waals surface area contributed by atoms with Crippen LogP contribution < -0.4 is 16.0 Å². The van der Waals surface area contributed by atoms with Gasteiger partial charge in [-0.05, 0) is 57.5 Å². The Kier molecular flexibility index (Phi) is 5.59. The van der Waals surface area contributed by atoms with E-state index in [1.807, 2.05) is 26.0 Å². The molecule has 0 bridgehead atoms. The van der Waals surface area contributed by atoms with E-state index in [0.717, 1.165) is 38.2 Å². The number of nitrogens with one attached hydrogen (secondary N) is 1. The molecule has 3 N–H and O–H groups in total. The molecule has 1 aromatic carbocycles. The molecule has 0 aliphatic carbocycles. The van der Waals surface area contributed by atoms with Gasteiger partial charge in [0, 0.05) is 12.5 Å². The lowest BCUT2D eigenvalue weighted by molar-refractivity contribution is -0.126. The molecule has 1 amide bonds. The van der Waals surface area contributed by atoms with E-state index < -0.39 is 0 Å². The molecule has 1 aromatic rings. The molecule has 1 aliphatic heterocycles. The van der Waals surface area contributed by atoms with E-state index in [2.05, 4.69) is 22.5 Å². The molecule has 0 atom stereocenters. The maximum Gasteiger partial charge on any atom is 0.237 e. The average Bonchev–Trinajstić information content (AvgIpc) is 2.47. The SMILES string of the molecule is CC(C)Oc1cccc(CN2CCC(C(=O)NN)CC2)c1. The van der Waals surface area contributed by atoms with Crippen LogP contribution in [0.4, 0.5) is 0 Å². The number of likely N-dealkylation sites (tertiary alicyclic amines) is 1. The normalized spacial score (nSPS) is 17.0. The fourth-order valence-corrected chi connectivity index (χ4v) is 2.72. The van der Waals surface area contributed by atoms with Gasteiger partial charge >= 0.3 is 0 Å². The second-order valence-corrected chi connectivity index (χ2v) is 5.87. The Morgan fingerprint density at radius 3 is 2.76 bits per heavy atom. The number of rotatable bonds is 5. The van der Waals surface area contributed by atoms with E-state index >= 15 is 0 Å². The maximum absolute atomic E-state index is 11.5. The van der Waals surface area contributed by atoms with E-state index in [-0.39, 0.29) is 17.9 Å². The quantitative estimate of drug-likeness (QED) is 0.492. The highest BCUT2D eigenvalue weighted by molar-refractivity contribution is 5.78. The average molecular weight is 291 g/mol. The number of hydrogen-bond acceptors (Lipinski definition) is 4. The van der Waals surface area contributed by atoms with Gasteiger partial charge in [0.1, 0.15) is 5.75 Å². The first-order valence-electron chi connectivity index (χ1n) is 7.57. The van der Waals surface area contributed by atoms with E-state index in [1.54, 1.807) is 0 Å². The largest absolute Gasteiger partial charge is 0.491 e. The highest BCUT2D eigenvalue weighted by Crippen LogP contribution is 2.21. The van der Waals surface area contributed by atoms with E-state index in [1.165, 1.54) is 5.56 Å². The van der Waals surface area contributed by atoms with Crippen molar-refractivity contribution < 1.29 is 9.53 Å². The molecule has 5 nitrogen and oxygen atoms in total. The number of benzene rings is 1. The molecule has 0 spiro atoms. The van der Waals surface area contributed by atoms with Crippen LogP contribution >= 0.6 is 0 Å². The Balaban J connectivity index is 1.87. The van der Waals surface area contributed by atoms with Crippen molar-refractivity contribution in [1.29, 1.82) is 0 Å². The Morgan fingerprint density at radius 2 is 2.14 bits per heavy atom. The molecule has 1 aliphatic rings. The number of carbonyl (C=O) groups excluding carboxylic acids is 1. The third kappa shape index (κ3) is 4.72. The number of piperidine rings is 1. The zero-order valence-corrected chi connectivity index (χ0v) is 12.8. The minimum absolute atomic E-state index is 0.0398. The van der Waals surface area contributed by atoms with Gasteiger partial charge in [-0.25, -0.2) is 5.84 Å². The molecular weight excluding hydrogens is 266 g/mol. The van der Waals surface area contributed by atoms with Crippen molar-refractivity contribution in [3.8, 4) is 5.75 Å². The second kappa shape index (κ2) is 7.43. The standard InChI is InChI=1S/C16H25N3O2/c1-12(2)21-15-5-3-4-13(10-15)11-19-8-6-14(7-9-19)16(20)18-17/h3-5,10,12,14H,6-9,11,17H2,1-2H3,(H,18,20). The lowest BCUT2D eigenvalue weighted by atomic mass is 9.96. The number of carbonyl (C=O) groups is 1. The third-order valence-corrected chi connectivity index (χ3v) is 3.78. The van der Waals surface area contributed by atoms with E-state index in [4.69, 9.17) is 10.6 Å². The molecular formula is C16H25N3O2. The number of hydrogen-bond donors (Lipinski definition) is 2. The van der Waals surface area contributed by atoms with Gasteiger partial charge in [-0.3, -0.25) is 15.1 Å². The van der Waals surface area contributed by atoms with E-state index in [0.29, 0.717) is 0 Å². The molecule has 1 heterocycles. The van der Waals surface area contributed by atoms with Crippen LogP contribution in [0.3, 0.4) is 0 Å². The first kappa shape index (κ1) is 15.8. The van der Waals surface area contributed by atoms with Crippen LogP contribution in [0.25, 0.3) is 0 Å². The second-order valence-electron chi connectivity index (χ2n) is 5.87. The van der Waals surface area contributed by atoms with Crippen molar-refractivity contribution >= 4 is 5.91 Å². The summed E-state index contributed by atoms with van der Waals surface area (Å²) in [5, 5.41) is 0.